The highest BCUT2D eigenvalue weighted by Gasteiger charge is 1.98. The fraction of sp³-hybridized carbons (Fsp3) is 0.294. The number of rotatable bonds is 7. The number of ether oxygens (including phenoxy) is 1. The van der Waals surface area contributed by atoms with E-state index in [4.69, 9.17) is 9.84 Å². The molecule has 2 aromatic carbocycles. The van der Waals surface area contributed by atoms with Gasteiger partial charge in [0.05, 0.1) is 6.61 Å². The fourth-order valence-electron chi connectivity index (χ4n) is 1.98. The Balaban J connectivity index is 1.84. The van der Waals surface area contributed by atoms with Gasteiger partial charge in [-0.3, -0.25) is 0 Å². The molecule has 106 valence electrons. The molecule has 0 bridgehead atoms. The molecule has 3 heteroatoms. The number of aliphatic hydroxyl groups is 1. The second-order valence-corrected chi connectivity index (χ2v) is 4.82. The lowest BCUT2D eigenvalue weighted by Crippen LogP contribution is -2.17. The minimum absolute atomic E-state index is 0.164. The minimum Gasteiger partial charge on any atom is -0.489 e. The molecule has 0 aliphatic rings. The molecule has 0 heterocycles. The molecule has 0 aliphatic heterocycles. The standard InChI is InChI=1S/C17H21NO2/c1-14-3-2-4-16(11-14)13-20-17-7-5-15(6-8-17)12-18-9-10-19/h2-8,11,18-19H,9-10,12-13H2,1H3. The molecule has 0 spiro atoms. The summed E-state index contributed by atoms with van der Waals surface area (Å²) >= 11 is 0. The molecule has 0 aromatic heterocycles. The van der Waals surface area contributed by atoms with Gasteiger partial charge in [0.15, 0.2) is 0 Å². The van der Waals surface area contributed by atoms with Gasteiger partial charge in [-0.05, 0) is 30.2 Å². The third-order valence-electron chi connectivity index (χ3n) is 3.03. The molecule has 3 nitrogen and oxygen atoms in total. The van der Waals surface area contributed by atoms with Crippen molar-refractivity contribution in [1.29, 1.82) is 0 Å². The number of benzene rings is 2. The van der Waals surface area contributed by atoms with E-state index < -0.39 is 0 Å². The van der Waals surface area contributed by atoms with Gasteiger partial charge in [0.2, 0.25) is 0 Å². The van der Waals surface area contributed by atoms with Crippen LogP contribution >= 0.6 is 0 Å². The highest BCUT2D eigenvalue weighted by atomic mass is 16.5. The number of hydrogen-bond acceptors (Lipinski definition) is 3. The molecule has 0 saturated carbocycles. The molecule has 0 atom stereocenters. The van der Waals surface area contributed by atoms with Crippen LogP contribution in [0.1, 0.15) is 16.7 Å². The van der Waals surface area contributed by atoms with Crippen molar-refractivity contribution in [3.8, 4) is 5.75 Å². The van der Waals surface area contributed by atoms with Crippen LogP contribution in [0.2, 0.25) is 0 Å². The summed E-state index contributed by atoms with van der Waals surface area (Å²) in [5, 5.41) is 11.8. The van der Waals surface area contributed by atoms with Crippen LogP contribution in [0, 0.1) is 6.92 Å². The van der Waals surface area contributed by atoms with Crippen LogP contribution < -0.4 is 10.1 Å². The Morgan fingerprint density at radius 2 is 1.85 bits per heavy atom. The normalized spacial score (nSPS) is 10.5. The minimum atomic E-state index is 0.164. The molecular weight excluding hydrogens is 250 g/mol. The summed E-state index contributed by atoms with van der Waals surface area (Å²) in [4.78, 5) is 0. The van der Waals surface area contributed by atoms with Gasteiger partial charge in [-0.25, -0.2) is 0 Å². The van der Waals surface area contributed by atoms with Crippen LogP contribution in [-0.4, -0.2) is 18.3 Å². The SMILES string of the molecule is Cc1cccc(COc2ccc(CNCCO)cc2)c1. The summed E-state index contributed by atoms with van der Waals surface area (Å²) < 4.78 is 5.77. The van der Waals surface area contributed by atoms with Crippen molar-refractivity contribution in [1.82, 2.24) is 5.32 Å². The lowest BCUT2D eigenvalue weighted by molar-refractivity contribution is 0.292. The number of aliphatic hydroxyl groups excluding tert-OH is 1. The number of hydrogen-bond donors (Lipinski definition) is 2. The second kappa shape index (κ2) is 7.68. The lowest BCUT2D eigenvalue weighted by atomic mass is 10.1. The summed E-state index contributed by atoms with van der Waals surface area (Å²) in [6.45, 7) is 4.21. The van der Waals surface area contributed by atoms with E-state index in [2.05, 4.69) is 30.4 Å². The Hall–Kier alpha value is -1.84. The van der Waals surface area contributed by atoms with E-state index >= 15 is 0 Å². The van der Waals surface area contributed by atoms with Gasteiger partial charge >= 0.3 is 0 Å². The third kappa shape index (κ3) is 4.68. The molecule has 0 aliphatic carbocycles. The molecule has 2 aromatic rings. The number of nitrogens with one attached hydrogen (secondary N) is 1. The monoisotopic (exact) mass is 271 g/mol. The van der Waals surface area contributed by atoms with E-state index in [-0.39, 0.29) is 6.61 Å². The zero-order chi connectivity index (χ0) is 14.2. The van der Waals surface area contributed by atoms with Gasteiger partial charge in [0.25, 0.3) is 0 Å². The molecule has 0 radical (unpaired) electrons. The highest BCUT2D eigenvalue weighted by Crippen LogP contribution is 2.14. The van der Waals surface area contributed by atoms with Crippen LogP contribution in [0.15, 0.2) is 48.5 Å². The van der Waals surface area contributed by atoms with Gasteiger partial charge in [0, 0.05) is 13.1 Å². The van der Waals surface area contributed by atoms with Crippen molar-refractivity contribution in [2.45, 2.75) is 20.1 Å². The average Bonchev–Trinajstić information content (AvgIpc) is 2.47. The lowest BCUT2D eigenvalue weighted by Gasteiger charge is -2.08. The maximum Gasteiger partial charge on any atom is 0.119 e. The van der Waals surface area contributed by atoms with Gasteiger partial charge in [0.1, 0.15) is 12.4 Å². The fourth-order valence-corrected chi connectivity index (χ4v) is 1.98. The van der Waals surface area contributed by atoms with Crippen molar-refractivity contribution >= 4 is 0 Å². The summed E-state index contributed by atoms with van der Waals surface area (Å²) in [5.41, 5.74) is 3.61. The Morgan fingerprint density at radius 1 is 1.05 bits per heavy atom. The van der Waals surface area contributed by atoms with E-state index in [1.54, 1.807) is 0 Å². The first kappa shape index (κ1) is 14.6. The van der Waals surface area contributed by atoms with Crippen LogP contribution in [-0.2, 0) is 13.2 Å². The van der Waals surface area contributed by atoms with Gasteiger partial charge in [-0.1, -0.05) is 42.0 Å². The molecule has 2 N–H and O–H groups in total. The van der Waals surface area contributed by atoms with Crippen molar-refractivity contribution in [3.05, 3.63) is 65.2 Å². The van der Waals surface area contributed by atoms with Crippen LogP contribution in [0.4, 0.5) is 0 Å². The van der Waals surface area contributed by atoms with Crippen LogP contribution in [0.3, 0.4) is 0 Å². The van der Waals surface area contributed by atoms with E-state index in [0.29, 0.717) is 13.2 Å². The topological polar surface area (TPSA) is 41.5 Å². The number of aryl methyl sites for hydroxylation is 1. The van der Waals surface area contributed by atoms with Crippen LogP contribution in [0.25, 0.3) is 0 Å². The predicted octanol–water partition coefficient (Wildman–Crippen LogP) is 2.66. The van der Waals surface area contributed by atoms with E-state index in [1.807, 2.05) is 30.3 Å². The first-order valence-electron chi connectivity index (χ1n) is 6.87. The Labute approximate surface area is 120 Å². The molecule has 0 amide bonds. The first-order valence-corrected chi connectivity index (χ1v) is 6.87. The quantitative estimate of drug-likeness (QED) is 0.761. The Morgan fingerprint density at radius 3 is 2.55 bits per heavy atom. The predicted molar refractivity (Wildman–Crippen MR) is 80.7 cm³/mol. The van der Waals surface area contributed by atoms with Crippen molar-refractivity contribution < 1.29 is 9.84 Å². The van der Waals surface area contributed by atoms with Crippen molar-refractivity contribution in [2.24, 2.45) is 0 Å². The van der Waals surface area contributed by atoms with Crippen molar-refractivity contribution in [3.63, 3.8) is 0 Å². The summed E-state index contributed by atoms with van der Waals surface area (Å²) in [6.07, 6.45) is 0. The van der Waals surface area contributed by atoms with E-state index in [0.717, 1.165) is 12.3 Å². The zero-order valence-corrected chi connectivity index (χ0v) is 11.8. The summed E-state index contributed by atoms with van der Waals surface area (Å²) in [6, 6.07) is 16.4. The second-order valence-electron chi connectivity index (χ2n) is 4.82. The van der Waals surface area contributed by atoms with Gasteiger partial charge in [-0.15, -0.1) is 0 Å². The summed E-state index contributed by atoms with van der Waals surface area (Å²) in [5.74, 6) is 0.873. The maximum absolute atomic E-state index is 8.70. The van der Waals surface area contributed by atoms with Crippen LogP contribution in [0.5, 0.6) is 5.75 Å². The largest absolute Gasteiger partial charge is 0.489 e. The highest BCUT2D eigenvalue weighted by molar-refractivity contribution is 5.28. The third-order valence-corrected chi connectivity index (χ3v) is 3.03. The Bertz CT molecular complexity index is 523. The van der Waals surface area contributed by atoms with E-state index in [9.17, 15) is 0 Å². The molecule has 0 fully saturated rings. The van der Waals surface area contributed by atoms with E-state index in [1.165, 1.54) is 16.7 Å². The molecule has 20 heavy (non-hydrogen) atoms. The maximum atomic E-state index is 8.70. The molecule has 2 rings (SSSR count). The zero-order valence-electron chi connectivity index (χ0n) is 11.8. The van der Waals surface area contributed by atoms with Crippen molar-refractivity contribution in [2.75, 3.05) is 13.2 Å². The van der Waals surface area contributed by atoms with Gasteiger partial charge < -0.3 is 15.2 Å². The molecule has 0 saturated heterocycles. The van der Waals surface area contributed by atoms with Gasteiger partial charge in [-0.2, -0.15) is 0 Å². The summed E-state index contributed by atoms with van der Waals surface area (Å²) in [7, 11) is 0. The first-order chi connectivity index (χ1) is 9.78. The smallest absolute Gasteiger partial charge is 0.119 e. The Kier molecular flexibility index (Phi) is 5.59. The molecule has 0 unspecified atom stereocenters. The average molecular weight is 271 g/mol. The molecular formula is C17H21NO2.